The topological polar surface area (TPSA) is 125 Å². The van der Waals surface area contributed by atoms with Crippen molar-refractivity contribution in [1.29, 1.82) is 0 Å². The Morgan fingerprint density at radius 3 is 2.20 bits per heavy atom. The standard InChI is InChI=1S/C13H16N2O5S.CH3NOS/c1-9(16)19-11-6-4-10(5-7-11)12(8-15(17)18)20-13(21)14(2)3;2-1(3)4/h4-7,12H,8H2,1-3H3;(H3,2,3,4). The zero-order chi connectivity index (χ0) is 19.6. The van der Waals surface area contributed by atoms with Crippen LogP contribution in [0.15, 0.2) is 24.3 Å². The van der Waals surface area contributed by atoms with Crippen LogP contribution in [0.5, 0.6) is 5.75 Å². The van der Waals surface area contributed by atoms with E-state index in [0.29, 0.717) is 11.3 Å². The molecule has 0 spiro atoms. The number of nitrogens with zero attached hydrogens (tertiary/aromatic N) is 2. The summed E-state index contributed by atoms with van der Waals surface area (Å²) in [4.78, 5) is 31.8. The molecule has 0 heterocycles. The second-order valence-corrected chi connectivity index (χ2v) is 5.57. The number of hydrogen-bond acceptors (Lipinski definition) is 7. The molecule has 1 aromatic rings. The molecule has 9 nitrogen and oxygen atoms in total. The van der Waals surface area contributed by atoms with Crippen LogP contribution in [0.4, 0.5) is 4.79 Å². The molecule has 0 bridgehead atoms. The van der Waals surface area contributed by atoms with Crippen LogP contribution in [0.25, 0.3) is 0 Å². The average molecular weight is 389 g/mol. The summed E-state index contributed by atoms with van der Waals surface area (Å²) in [6, 6.07) is 6.30. The maximum Gasteiger partial charge on any atom is 0.308 e. The van der Waals surface area contributed by atoms with Gasteiger partial charge in [-0.05, 0) is 29.9 Å². The van der Waals surface area contributed by atoms with E-state index in [0.717, 1.165) is 0 Å². The summed E-state index contributed by atoms with van der Waals surface area (Å²) in [6.07, 6.45) is -0.804. The molecule has 0 aliphatic rings. The van der Waals surface area contributed by atoms with Crippen LogP contribution in [-0.4, -0.2) is 46.8 Å². The van der Waals surface area contributed by atoms with E-state index in [1.54, 1.807) is 43.3 Å². The number of thiol groups is 1. The minimum atomic E-state index is -0.804. The number of thiocarbonyl (C=S) groups is 1. The Morgan fingerprint density at radius 1 is 1.36 bits per heavy atom. The third-order valence-corrected chi connectivity index (χ3v) is 2.90. The summed E-state index contributed by atoms with van der Waals surface area (Å²) in [5.74, 6) is -0.0732. The van der Waals surface area contributed by atoms with Crippen LogP contribution in [0.3, 0.4) is 0 Å². The number of amides is 1. The molecule has 1 rings (SSSR count). The lowest BCUT2D eigenvalue weighted by Crippen LogP contribution is -2.27. The quantitative estimate of drug-likeness (QED) is 0.195. The van der Waals surface area contributed by atoms with Crippen LogP contribution < -0.4 is 10.5 Å². The lowest BCUT2D eigenvalue weighted by atomic mass is 10.1. The van der Waals surface area contributed by atoms with Gasteiger partial charge in [-0.1, -0.05) is 24.8 Å². The molecule has 1 atom stereocenters. The smallest absolute Gasteiger partial charge is 0.308 e. The molecule has 1 unspecified atom stereocenters. The van der Waals surface area contributed by atoms with E-state index >= 15 is 0 Å². The average Bonchev–Trinajstić information content (AvgIpc) is 2.45. The Bertz CT molecular complexity index is 617. The number of primary amides is 1. The fourth-order valence-corrected chi connectivity index (χ4v) is 1.61. The number of ether oxygens (including phenoxy) is 2. The van der Waals surface area contributed by atoms with Crippen molar-refractivity contribution in [3.05, 3.63) is 39.9 Å². The van der Waals surface area contributed by atoms with Gasteiger partial charge in [-0.25, -0.2) is 0 Å². The molecular weight excluding hydrogens is 370 g/mol. The Balaban J connectivity index is 0.00000129. The summed E-state index contributed by atoms with van der Waals surface area (Å²) in [6.45, 7) is 0.878. The second kappa shape index (κ2) is 11.2. The highest BCUT2D eigenvalue weighted by Gasteiger charge is 2.21. The fraction of sp³-hybridized carbons (Fsp3) is 0.357. The Morgan fingerprint density at radius 2 is 1.84 bits per heavy atom. The highest BCUT2D eigenvalue weighted by molar-refractivity contribution is 7.96. The molecule has 1 amide bonds. The number of nitrogens with two attached hydrogens (primary N) is 1. The third kappa shape index (κ3) is 10.9. The molecule has 25 heavy (non-hydrogen) atoms. The number of carbonyl (C=O) groups excluding carboxylic acids is 2. The highest BCUT2D eigenvalue weighted by atomic mass is 32.1. The van der Waals surface area contributed by atoms with Gasteiger partial charge in [-0.2, -0.15) is 0 Å². The van der Waals surface area contributed by atoms with Crippen molar-refractivity contribution < 1.29 is 24.0 Å². The van der Waals surface area contributed by atoms with E-state index in [2.05, 4.69) is 18.4 Å². The van der Waals surface area contributed by atoms with Gasteiger partial charge in [0.25, 0.3) is 10.4 Å². The molecule has 0 radical (unpaired) electrons. The molecule has 0 saturated heterocycles. The first-order valence-electron chi connectivity index (χ1n) is 6.79. The van der Waals surface area contributed by atoms with Crippen LogP contribution in [0.2, 0.25) is 0 Å². The molecule has 0 aliphatic heterocycles. The van der Waals surface area contributed by atoms with Gasteiger partial charge < -0.3 is 20.1 Å². The number of carbonyl (C=O) groups is 2. The van der Waals surface area contributed by atoms with Crippen molar-refractivity contribution in [3.8, 4) is 5.75 Å². The SMILES string of the molecule is CC(=O)Oc1ccc(C(C[N+](=O)[O-])OC(=S)N(C)C)cc1.NC(=O)S. The zero-order valence-corrected chi connectivity index (χ0v) is 15.6. The van der Waals surface area contributed by atoms with E-state index in [4.69, 9.17) is 26.5 Å². The molecule has 11 heteroatoms. The van der Waals surface area contributed by atoms with Gasteiger partial charge in [0.2, 0.25) is 6.54 Å². The monoisotopic (exact) mass is 389 g/mol. The molecule has 138 valence electrons. The first-order valence-corrected chi connectivity index (χ1v) is 7.65. The summed E-state index contributed by atoms with van der Waals surface area (Å²) in [7, 11) is 3.38. The van der Waals surface area contributed by atoms with Gasteiger partial charge in [0.15, 0.2) is 6.10 Å². The predicted octanol–water partition coefficient (Wildman–Crippen LogP) is 1.79. The number of esters is 1. The van der Waals surface area contributed by atoms with Gasteiger partial charge >= 0.3 is 5.97 Å². The lowest BCUT2D eigenvalue weighted by molar-refractivity contribution is -0.490. The minimum absolute atomic E-state index is 0.158. The van der Waals surface area contributed by atoms with E-state index < -0.39 is 28.8 Å². The van der Waals surface area contributed by atoms with Crippen LogP contribution >= 0.6 is 24.8 Å². The summed E-state index contributed by atoms with van der Waals surface area (Å²) in [5, 5.41) is 10.3. The number of nitro groups is 1. The largest absolute Gasteiger partial charge is 0.456 e. The number of benzene rings is 1. The second-order valence-electron chi connectivity index (χ2n) is 4.78. The Hall–Kier alpha value is -2.40. The van der Waals surface area contributed by atoms with Crippen molar-refractivity contribution in [2.24, 2.45) is 5.73 Å². The maximum atomic E-state index is 10.8. The van der Waals surface area contributed by atoms with E-state index in [1.807, 2.05) is 0 Å². The number of rotatable bonds is 5. The van der Waals surface area contributed by atoms with Gasteiger partial charge in [-0.3, -0.25) is 19.7 Å². The van der Waals surface area contributed by atoms with E-state index in [-0.39, 0.29) is 5.17 Å². The van der Waals surface area contributed by atoms with Crippen LogP contribution in [-0.2, 0) is 9.53 Å². The van der Waals surface area contributed by atoms with Crippen molar-refractivity contribution >= 4 is 41.2 Å². The van der Waals surface area contributed by atoms with E-state index in [9.17, 15) is 14.9 Å². The third-order valence-electron chi connectivity index (χ3n) is 2.44. The van der Waals surface area contributed by atoms with Crippen LogP contribution in [0, 0.1) is 10.1 Å². The first kappa shape index (κ1) is 22.6. The number of hydrogen-bond donors (Lipinski definition) is 2. The Labute approximate surface area is 155 Å². The summed E-state index contributed by atoms with van der Waals surface area (Å²) < 4.78 is 10.3. The first-order chi connectivity index (χ1) is 11.5. The molecule has 0 saturated carbocycles. The minimum Gasteiger partial charge on any atom is -0.456 e. The van der Waals surface area contributed by atoms with Crippen LogP contribution in [0.1, 0.15) is 18.6 Å². The van der Waals surface area contributed by atoms with Crippen molar-refractivity contribution in [1.82, 2.24) is 4.90 Å². The highest BCUT2D eigenvalue weighted by Crippen LogP contribution is 2.22. The summed E-state index contributed by atoms with van der Waals surface area (Å²) >= 11 is 8.11. The predicted molar refractivity (Wildman–Crippen MR) is 98.3 cm³/mol. The normalized spacial score (nSPS) is 10.6. The van der Waals surface area contributed by atoms with Crippen molar-refractivity contribution in [3.63, 3.8) is 0 Å². The van der Waals surface area contributed by atoms with Gasteiger partial charge in [0, 0.05) is 25.9 Å². The van der Waals surface area contributed by atoms with E-state index in [1.165, 1.54) is 6.92 Å². The fourth-order valence-electron chi connectivity index (χ4n) is 1.49. The van der Waals surface area contributed by atoms with Crippen molar-refractivity contribution in [2.75, 3.05) is 20.6 Å². The van der Waals surface area contributed by atoms with Gasteiger partial charge in [0.05, 0.1) is 0 Å². The molecule has 0 fully saturated rings. The Kier molecular flexibility index (Phi) is 10.1. The van der Waals surface area contributed by atoms with Gasteiger partial charge in [0.1, 0.15) is 5.75 Å². The van der Waals surface area contributed by atoms with Crippen molar-refractivity contribution in [2.45, 2.75) is 13.0 Å². The zero-order valence-electron chi connectivity index (χ0n) is 13.9. The molecule has 0 aliphatic carbocycles. The molecule has 0 aromatic heterocycles. The lowest BCUT2D eigenvalue weighted by Gasteiger charge is -2.20. The molecule has 2 N–H and O–H groups in total. The molecular formula is C14H19N3O6S2. The maximum absolute atomic E-state index is 10.8. The van der Waals surface area contributed by atoms with Gasteiger partial charge in [-0.15, -0.1) is 0 Å². The summed E-state index contributed by atoms with van der Waals surface area (Å²) in [5.41, 5.74) is 4.91. The molecule has 1 aromatic carbocycles.